The molecule has 0 aliphatic carbocycles. The summed E-state index contributed by atoms with van der Waals surface area (Å²) in [5, 5.41) is 2.62. The summed E-state index contributed by atoms with van der Waals surface area (Å²) in [5.74, 6) is -0.461. The number of nitrogens with one attached hydrogen (secondary N) is 1. The smallest absolute Gasteiger partial charge is 0.344 e. The van der Waals surface area contributed by atoms with Crippen molar-refractivity contribution in [3.63, 3.8) is 0 Å². The SMILES string of the molecule is C=CCc1ccc(OCC(=O)O[C@@H](C)C(=O)Nc2cccc(C(C)=O)c2)c(OC)c1. The topological polar surface area (TPSA) is 90.9 Å². The van der Waals surface area contributed by atoms with Crippen molar-refractivity contribution < 1.29 is 28.6 Å². The standard InChI is InChI=1S/C23H25NO6/c1-5-7-17-10-11-20(21(12-17)28-4)29-14-22(26)30-16(3)23(27)24-19-9-6-8-18(13-19)15(2)25/h5-6,8-13,16H,1,7,14H2,2-4H3,(H,24,27)/t16-/m0/s1. The number of allylic oxidation sites excluding steroid dienone is 1. The van der Waals surface area contributed by atoms with Crippen molar-refractivity contribution >= 4 is 23.3 Å². The Bertz CT molecular complexity index is 937. The van der Waals surface area contributed by atoms with Gasteiger partial charge in [-0.05, 0) is 50.1 Å². The Morgan fingerprint density at radius 1 is 1.13 bits per heavy atom. The number of benzene rings is 2. The lowest BCUT2D eigenvalue weighted by atomic mass is 10.1. The van der Waals surface area contributed by atoms with Gasteiger partial charge in [0.25, 0.3) is 5.91 Å². The molecule has 2 aromatic carbocycles. The van der Waals surface area contributed by atoms with Gasteiger partial charge >= 0.3 is 5.97 Å². The van der Waals surface area contributed by atoms with Gasteiger partial charge in [0.1, 0.15) is 0 Å². The second kappa shape index (κ2) is 10.8. The highest BCUT2D eigenvalue weighted by Gasteiger charge is 2.19. The zero-order chi connectivity index (χ0) is 22.1. The van der Waals surface area contributed by atoms with Crippen LogP contribution in [-0.2, 0) is 20.7 Å². The maximum atomic E-state index is 12.3. The van der Waals surface area contributed by atoms with Gasteiger partial charge in [0.05, 0.1) is 7.11 Å². The van der Waals surface area contributed by atoms with Crippen molar-refractivity contribution in [1.29, 1.82) is 0 Å². The van der Waals surface area contributed by atoms with Gasteiger partial charge < -0.3 is 19.5 Å². The Morgan fingerprint density at radius 3 is 2.57 bits per heavy atom. The summed E-state index contributed by atoms with van der Waals surface area (Å²) in [6.45, 7) is 6.20. The van der Waals surface area contributed by atoms with E-state index < -0.39 is 18.0 Å². The van der Waals surface area contributed by atoms with Crippen LogP contribution >= 0.6 is 0 Å². The lowest BCUT2D eigenvalue weighted by Crippen LogP contribution is -2.31. The maximum absolute atomic E-state index is 12.3. The zero-order valence-electron chi connectivity index (χ0n) is 17.3. The van der Waals surface area contributed by atoms with Gasteiger partial charge in [-0.15, -0.1) is 6.58 Å². The highest BCUT2D eigenvalue weighted by atomic mass is 16.6. The fraction of sp³-hybridized carbons (Fsp3) is 0.261. The Kier molecular flexibility index (Phi) is 8.17. The molecule has 2 aromatic rings. The Balaban J connectivity index is 1.90. The normalized spacial score (nSPS) is 11.2. The average molecular weight is 411 g/mol. The van der Waals surface area contributed by atoms with Crippen LogP contribution in [0.3, 0.4) is 0 Å². The van der Waals surface area contributed by atoms with Crippen molar-refractivity contribution in [3.8, 4) is 11.5 Å². The van der Waals surface area contributed by atoms with E-state index >= 15 is 0 Å². The molecule has 158 valence electrons. The maximum Gasteiger partial charge on any atom is 0.344 e. The van der Waals surface area contributed by atoms with Gasteiger partial charge in [-0.25, -0.2) is 4.79 Å². The number of carbonyl (C=O) groups excluding carboxylic acids is 3. The first-order valence-electron chi connectivity index (χ1n) is 9.36. The minimum absolute atomic E-state index is 0.115. The van der Waals surface area contributed by atoms with Crippen molar-refractivity contribution in [3.05, 3.63) is 66.2 Å². The molecule has 0 aliphatic heterocycles. The molecule has 1 amide bonds. The number of methoxy groups -OCH3 is 1. The van der Waals surface area contributed by atoms with E-state index in [1.807, 2.05) is 6.07 Å². The van der Waals surface area contributed by atoms with E-state index in [2.05, 4.69) is 11.9 Å². The van der Waals surface area contributed by atoms with Crippen molar-refractivity contribution in [2.45, 2.75) is 26.4 Å². The summed E-state index contributed by atoms with van der Waals surface area (Å²) in [6, 6.07) is 11.8. The van der Waals surface area contributed by atoms with Gasteiger partial charge in [-0.3, -0.25) is 9.59 Å². The fourth-order valence-corrected chi connectivity index (χ4v) is 2.61. The third-order valence-electron chi connectivity index (χ3n) is 4.17. The molecule has 7 heteroatoms. The first-order valence-corrected chi connectivity index (χ1v) is 9.36. The summed E-state index contributed by atoms with van der Waals surface area (Å²) < 4.78 is 15.9. The highest BCUT2D eigenvalue weighted by molar-refractivity contribution is 5.98. The van der Waals surface area contributed by atoms with E-state index in [9.17, 15) is 14.4 Å². The number of anilines is 1. The number of rotatable bonds is 10. The third kappa shape index (κ3) is 6.48. The van der Waals surface area contributed by atoms with Crippen LogP contribution in [0.25, 0.3) is 0 Å². The minimum Gasteiger partial charge on any atom is -0.493 e. The largest absolute Gasteiger partial charge is 0.493 e. The van der Waals surface area contributed by atoms with Crippen molar-refractivity contribution in [1.82, 2.24) is 0 Å². The molecule has 0 unspecified atom stereocenters. The highest BCUT2D eigenvalue weighted by Crippen LogP contribution is 2.28. The molecule has 1 atom stereocenters. The number of amides is 1. The van der Waals surface area contributed by atoms with Crippen LogP contribution in [0, 0.1) is 0 Å². The summed E-state index contributed by atoms with van der Waals surface area (Å²) >= 11 is 0. The molecule has 0 saturated heterocycles. The van der Waals surface area contributed by atoms with Crippen LogP contribution in [-0.4, -0.2) is 37.5 Å². The van der Waals surface area contributed by atoms with Gasteiger partial charge in [0.2, 0.25) is 0 Å². The molecule has 2 rings (SSSR count). The van der Waals surface area contributed by atoms with E-state index in [1.54, 1.807) is 42.5 Å². The van der Waals surface area contributed by atoms with Gasteiger partial charge in [-0.1, -0.05) is 24.3 Å². The number of esters is 1. The number of carbonyl (C=O) groups is 3. The predicted molar refractivity (Wildman–Crippen MR) is 113 cm³/mol. The first kappa shape index (κ1) is 22.7. The Hall–Kier alpha value is -3.61. The fourth-order valence-electron chi connectivity index (χ4n) is 2.61. The molecule has 30 heavy (non-hydrogen) atoms. The molecule has 0 saturated carbocycles. The number of ketones is 1. The Morgan fingerprint density at radius 2 is 1.90 bits per heavy atom. The lowest BCUT2D eigenvalue weighted by Gasteiger charge is -2.15. The van der Waals surface area contributed by atoms with Gasteiger partial charge in [0.15, 0.2) is 30.0 Å². The molecule has 0 spiro atoms. The number of hydrogen-bond donors (Lipinski definition) is 1. The molecule has 0 aromatic heterocycles. The second-order valence-electron chi connectivity index (χ2n) is 6.53. The number of ether oxygens (including phenoxy) is 3. The molecule has 0 aliphatic rings. The van der Waals surface area contributed by atoms with Crippen LogP contribution in [0.1, 0.15) is 29.8 Å². The molecular weight excluding hydrogens is 386 g/mol. The second-order valence-corrected chi connectivity index (χ2v) is 6.53. The quantitative estimate of drug-likeness (QED) is 0.365. The lowest BCUT2D eigenvalue weighted by molar-refractivity contribution is -0.155. The summed E-state index contributed by atoms with van der Waals surface area (Å²) in [4.78, 5) is 35.8. The van der Waals surface area contributed by atoms with Crippen LogP contribution in [0.2, 0.25) is 0 Å². The predicted octanol–water partition coefficient (Wildman–Crippen LogP) is 3.58. The van der Waals surface area contributed by atoms with Crippen molar-refractivity contribution in [2.24, 2.45) is 0 Å². The Labute approximate surface area is 175 Å². The summed E-state index contributed by atoms with van der Waals surface area (Å²) in [6.07, 6.45) is 1.41. The average Bonchev–Trinajstić information content (AvgIpc) is 2.73. The number of hydrogen-bond acceptors (Lipinski definition) is 6. The summed E-state index contributed by atoms with van der Waals surface area (Å²) in [5.41, 5.74) is 1.91. The molecule has 0 heterocycles. The monoisotopic (exact) mass is 411 g/mol. The van der Waals surface area contributed by atoms with E-state index in [0.717, 1.165) is 5.56 Å². The van der Waals surface area contributed by atoms with Gasteiger partial charge in [-0.2, -0.15) is 0 Å². The van der Waals surface area contributed by atoms with E-state index in [4.69, 9.17) is 14.2 Å². The van der Waals surface area contributed by atoms with E-state index in [0.29, 0.717) is 29.2 Å². The van der Waals surface area contributed by atoms with Crippen LogP contribution in [0.4, 0.5) is 5.69 Å². The van der Waals surface area contributed by atoms with Crippen molar-refractivity contribution in [2.75, 3.05) is 19.0 Å². The first-order chi connectivity index (χ1) is 14.3. The van der Waals surface area contributed by atoms with Crippen LogP contribution in [0.5, 0.6) is 11.5 Å². The summed E-state index contributed by atoms with van der Waals surface area (Å²) in [7, 11) is 1.51. The number of Topliss-reactive ketones (excluding diaryl/α,β-unsaturated/α-hetero) is 1. The molecular formula is C23H25NO6. The zero-order valence-corrected chi connectivity index (χ0v) is 17.3. The molecule has 0 bridgehead atoms. The molecule has 7 nitrogen and oxygen atoms in total. The van der Waals surface area contributed by atoms with Crippen LogP contribution < -0.4 is 14.8 Å². The minimum atomic E-state index is -1.04. The van der Waals surface area contributed by atoms with Gasteiger partial charge in [0, 0.05) is 11.3 Å². The van der Waals surface area contributed by atoms with E-state index in [-0.39, 0.29) is 12.4 Å². The van der Waals surface area contributed by atoms with E-state index in [1.165, 1.54) is 21.0 Å². The molecule has 0 radical (unpaired) electrons. The third-order valence-corrected chi connectivity index (χ3v) is 4.17. The van der Waals surface area contributed by atoms with Crippen LogP contribution in [0.15, 0.2) is 55.1 Å². The molecule has 0 fully saturated rings. The molecule has 1 N–H and O–H groups in total.